The molecule has 2 amide bonds. The number of hydrogen-bond donors (Lipinski definition) is 6. The van der Waals surface area contributed by atoms with Crippen LogP contribution in [0.15, 0.2) is 151 Å². The molecule has 0 aliphatic carbocycles. The second kappa shape index (κ2) is 19.7. The summed E-state index contributed by atoms with van der Waals surface area (Å²) in [5, 5.41) is 26.2. The molecule has 0 fully saturated rings. The average Bonchev–Trinajstić information content (AvgIpc) is 4.28. The number of nitrogens with one attached hydrogen (secondary N) is 4. The number of amides is 2. The molecule has 2 aromatic carbocycles. The smallest absolute Gasteiger partial charge is 0.267 e. The molecule has 10 aromatic heterocycles. The third-order valence-corrected chi connectivity index (χ3v) is 14.9. The molecule has 0 aliphatic rings. The van der Waals surface area contributed by atoms with Crippen LogP contribution in [0.25, 0.3) is 45.4 Å². The van der Waals surface area contributed by atoms with Gasteiger partial charge in [-0.15, -0.1) is 55.5 Å². The summed E-state index contributed by atoms with van der Waals surface area (Å²) >= 11 is 5.72. The van der Waals surface area contributed by atoms with Crippen molar-refractivity contribution in [3.63, 3.8) is 0 Å². The number of carbonyl (C=O) groups is 2. The standard InChI is InChI=1S/C26H22N8OS2.C25H20N8OS2/c1-15-23(33-13-7-6-10-20(33)28-15)22-16(2)36-26(30-22)29-21-12-11-19(37-21)25(35)31-24-18(27)14-34(32-24)17-8-4-3-5-9-17;1-15-22(32-12-6-5-9-20(32)27-15)18-14-35-25(28-18)29-21-11-10-19(36-21)24(34)30-23-17(26)13-33(31-23)16-7-3-2-4-8-16/h3-14H,27H2,1-2H3,(H,29,30)(H,31,32,35);2-14H,26H2,1H3,(H,28,29)(H,30,31,34). The molecule has 0 radical (unpaired) electrons. The number of thiazole rings is 2. The zero-order valence-electron chi connectivity index (χ0n) is 39.0. The molecule has 18 nitrogen and oxygen atoms in total. The van der Waals surface area contributed by atoms with Crippen molar-refractivity contribution in [3.8, 4) is 34.2 Å². The van der Waals surface area contributed by atoms with Crippen LogP contribution in [0.5, 0.6) is 0 Å². The van der Waals surface area contributed by atoms with E-state index in [2.05, 4.69) is 45.8 Å². The van der Waals surface area contributed by atoms with Crippen LogP contribution in [0.2, 0.25) is 0 Å². The number of benzene rings is 2. The second-order valence-electron chi connectivity index (χ2n) is 16.3. The van der Waals surface area contributed by atoms with E-state index < -0.39 is 0 Å². The Labute approximate surface area is 432 Å². The number of hydrogen-bond acceptors (Lipinski definition) is 16. The van der Waals surface area contributed by atoms with E-state index in [0.717, 1.165) is 82.0 Å². The highest BCUT2D eigenvalue weighted by molar-refractivity contribution is 7.19. The van der Waals surface area contributed by atoms with Crippen LogP contribution < -0.4 is 32.7 Å². The topological polar surface area (TPSA) is 230 Å². The molecule has 0 aliphatic heterocycles. The highest BCUT2D eigenvalue weighted by Crippen LogP contribution is 2.37. The number of thiophene rings is 2. The van der Waals surface area contributed by atoms with Crippen molar-refractivity contribution in [2.45, 2.75) is 20.8 Å². The summed E-state index contributed by atoms with van der Waals surface area (Å²) in [6.45, 7) is 6.02. The van der Waals surface area contributed by atoms with Gasteiger partial charge in [-0.3, -0.25) is 18.4 Å². The summed E-state index contributed by atoms with van der Waals surface area (Å²) in [6, 6.07) is 38.2. The van der Waals surface area contributed by atoms with E-state index in [4.69, 9.17) is 21.4 Å². The molecule has 0 spiro atoms. The molecule has 362 valence electrons. The maximum absolute atomic E-state index is 12.9. The highest BCUT2D eigenvalue weighted by atomic mass is 32.1. The van der Waals surface area contributed by atoms with Crippen LogP contribution in [0.1, 0.15) is 35.6 Å². The first-order valence-electron chi connectivity index (χ1n) is 22.5. The molecule has 22 heteroatoms. The molecule has 10 heterocycles. The molecule has 0 unspecified atom stereocenters. The summed E-state index contributed by atoms with van der Waals surface area (Å²) in [4.78, 5) is 46.7. The zero-order chi connectivity index (χ0) is 50.2. The number of fused-ring (bicyclic) bond motifs is 2. The summed E-state index contributed by atoms with van der Waals surface area (Å²) in [6.07, 6.45) is 7.34. The van der Waals surface area contributed by atoms with Gasteiger partial charge in [0, 0.05) is 22.7 Å². The molecule has 0 bridgehead atoms. The van der Waals surface area contributed by atoms with E-state index in [1.54, 1.807) is 45.2 Å². The van der Waals surface area contributed by atoms with Crippen molar-refractivity contribution < 1.29 is 9.59 Å². The predicted octanol–water partition coefficient (Wildman–Crippen LogP) is 11.5. The number of nitrogen functional groups attached to an aromatic ring is 2. The molecule has 0 saturated carbocycles. The van der Waals surface area contributed by atoms with Gasteiger partial charge in [0.1, 0.15) is 22.7 Å². The van der Waals surface area contributed by atoms with E-state index in [1.807, 2.05) is 152 Å². The average molecular weight is 1040 g/mol. The largest absolute Gasteiger partial charge is 0.394 e. The molecule has 0 atom stereocenters. The first-order chi connectivity index (χ1) is 35.5. The van der Waals surface area contributed by atoms with Crippen molar-refractivity contribution in [2.24, 2.45) is 0 Å². The number of nitrogens with two attached hydrogens (primary N) is 2. The third kappa shape index (κ3) is 9.65. The van der Waals surface area contributed by atoms with Gasteiger partial charge in [0.15, 0.2) is 21.9 Å². The molecule has 12 aromatic rings. The Morgan fingerprint density at radius 3 is 1.58 bits per heavy atom. The minimum Gasteiger partial charge on any atom is -0.394 e. The van der Waals surface area contributed by atoms with Gasteiger partial charge in [-0.2, -0.15) is 0 Å². The maximum atomic E-state index is 12.9. The van der Waals surface area contributed by atoms with E-state index in [-0.39, 0.29) is 11.8 Å². The molecular formula is C51H42N16O2S4. The summed E-state index contributed by atoms with van der Waals surface area (Å²) < 4.78 is 7.37. The van der Waals surface area contributed by atoms with Gasteiger partial charge in [0.2, 0.25) is 0 Å². The van der Waals surface area contributed by atoms with Gasteiger partial charge in [0.25, 0.3) is 11.8 Å². The number of pyridine rings is 2. The fraction of sp³-hybridized carbons (Fsp3) is 0.0588. The lowest BCUT2D eigenvalue weighted by molar-refractivity contribution is 0.102. The van der Waals surface area contributed by atoms with Crippen molar-refractivity contribution in [1.29, 1.82) is 0 Å². The Kier molecular flexibility index (Phi) is 12.5. The van der Waals surface area contributed by atoms with Gasteiger partial charge in [-0.25, -0.2) is 29.3 Å². The van der Waals surface area contributed by atoms with Crippen LogP contribution in [0, 0.1) is 20.8 Å². The SMILES string of the molecule is Cc1nc2ccccn2c1-c1csc(Nc2ccc(C(=O)Nc3nn(-c4ccccc4)cc3N)s2)n1.Cc1nc2ccccn2c1-c1nc(Nc2ccc(C(=O)Nc3nn(-c4ccccc4)cc3N)s2)sc1C. The molecule has 8 N–H and O–H groups in total. The van der Waals surface area contributed by atoms with Crippen LogP contribution in [0.3, 0.4) is 0 Å². The fourth-order valence-electron chi connectivity index (χ4n) is 7.93. The van der Waals surface area contributed by atoms with Gasteiger partial charge in [-0.1, -0.05) is 48.5 Å². The quantitative estimate of drug-likeness (QED) is 0.0671. The number of para-hydroxylation sites is 2. The lowest BCUT2D eigenvalue weighted by atomic mass is 10.2. The minimum absolute atomic E-state index is 0.277. The molecular weight excluding hydrogens is 997 g/mol. The number of aryl methyl sites for hydroxylation is 3. The Morgan fingerprint density at radius 2 is 1.03 bits per heavy atom. The number of carbonyl (C=O) groups excluding carboxylic acids is 2. The van der Waals surface area contributed by atoms with E-state index in [9.17, 15) is 9.59 Å². The van der Waals surface area contributed by atoms with Crippen molar-refractivity contribution in [3.05, 3.63) is 178 Å². The number of nitrogens with zero attached hydrogens (tertiary/aromatic N) is 10. The summed E-state index contributed by atoms with van der Waals surface area (Å²) in [5.74, 6) is 0.0831. The summed E-state index contributed by atoms with van der Waals surface area (Å²) in [7, 11) is 0. The molecule has 0 saturated heterocycles. The number of imidazole rings is 2. The fourth-order valence-corrected chi connectivity index (χ4v) is 11.2. The highest BCUT2D eigenvalue weighted by Gasteiger charge is 2.21. The van der Waals surface area contributed by atoms with Crippen molar-refractivity contribution >= 4 is 112 Å². The Morgan fingerprint density at radius 1 is 0.534 bits per heavy atom. The van der Waals surface area contributed by atoms with Crippen LogP contribution >= 0.6 is 45.3 Å². The first kappa shape index (κ1) is 46.4. The van der Waals surface area contributed by atoms with Gasteiger partial charge < -0.3 is 32.7 Å². The summed E-state index contributed by atoms with van der Waals surface area (Å²) in [5.41, 5.74) is 22.0. The van der Waals surface area contributed by atoms with Crippen molar-refractivity contribution in [1.82, 2.24) is 48.3 Å². The van der Waals surface area contributed by atoms with E-state index in [1.165, 1.54) is 34.0 Å². The molecule has 73 heavy (non-hydrogen) atoms. The Balaban J connectivity index is 0.000000157. The third-order valence-electron chi connectivity index (χ3n) is 11.3. The van der Waals surface area contributed by atoms with Crippen LogP contribution in [-0.2, 0) is 0 Å². The normalized spacial score (nSPS) is 11.2. The number of rotatable bonds is 12. The molecule has 12 rings (SSSR count). The maximum Gasteiger partial charge on any atom is 0.267 e. The lowest BCUT2D eigenvalue weighted by Gasteiger charge is -2.02. The van der Waals surface area contributed by atoms with E-state index in [0.29, 0.717) is 32.8 Å². The Bertz CT molecular complexity index is 3950. The van der Waals surface area contributed by atoms with Crippen LogP contribution in [-0.4, -0.2) is 60.1 Å². The monoisotopic (exact) mass is 1040 g/mol. The predicted molar refractivity (Wildman–Crippen MR) is 294 cm³/mol. The Hall–Kier alpha value is -8.96. The van der Waals surface area contributed by atoms with Gasteiger partial charge >= 0.3 is 0 Å². The number of aromatic nitrogens is 10. The zero-order valence-corrected chi connectivity index (χ0v) is 42.3. The van der Waals surface area contributed by atoms with Gasteiger partial charge in [0.05, 0.1) is 77.7 Å². The lowest BCUT2D eigenvalue weighted by Crippen LogP contribution is -2.12. The number of anilines is 8. The van der Waals surface area contributed by atoms with Crippen LogP contribution in [0.4, 0.5) is 43.3 Å². The van der Waals surface area contributed by atoms with E-state index >= 15 is 0 Å². The minimum atomic E-state index is -0.278. The second-order valence-corrected chi connectivity index (χ2v) is 20.6. The first-order valence-corrected chi connectivity index (χ1v) is 25.8. The van der Waals surface area contributed by atoms with Crippen molar-refractivity contribution in [2.75, 3.05) is 32.7 Å². The van der Waals surface area contributed by atoms with Gasteiger partial charge in [-0.05, 0) is 93.6 Å².